The van der Waals surface area contributed by atoms with Crippen LogP contribution in [0.4, 0.5) is 0 Å². The number of carbonyl (C=O) groups excluding carboxylic acids is 1. The van der Waals surface area contributed by atoms with Crippen LogP contribution in [0, 0.1) is 13.8 Å². The highest BCUT2D eigenvalue weighted by atomic mass is 79.9. The number of hydrogen-bond donors (Lipinski definition) is 1. The minimum atomic E-state index is -0.278. The predicted octanol–water partition coefficient (Wildman–Crippen LogP) is 5.93. The van der Waals surface area contributed by atoms with Gasteiger partial charge in [0.1, 0.15) is 0 Å². The fraction of sp³-hybridized carbons (Fsp3) is 0.100. The molecule has 3 rings (SSSR count). The average molecular weight is 465 g/mol. The van der Waals surface area contributed by atoms with Gasteiger partial charge in [-0.05, 0) is 56.3 Å². The first kappa shape index (κ1) is 19.7. The van der Waals surface area contributed by atoms with E-state index < -0.39 is 0 Å². The topological polar surface area (TPSA) is 46.4 Å². The van der Waals surface area contributed by atoms with Crippen LogP contribution in [-0.4, -0.2) is 16.7 Å². The van der Waals surface area contributed by atoms with E-state index in [0.717, 1.165) is 27.1 Å². The van der Waals surface area contributed by atoms with E-state index in [1.165, 1.54) is 0 Å². The number of nitrogens with zero attached hydrogens (tertiary/aromatic N) is 2. The minimum absolute atomic E-state index is 0.278. The van der Waals surface area contributed by atoms with Crippen molar-refractivity contribution in [3.8, 4) is 5.69 Å². The molecular formula is C20H16BrCl2N3O. The van der Waals surface area contributed by atoms with E-state index in [4.69, 9.17) is 23.2 Å². The zero-order chi connectivity index (χ0) is 19.6. The molecule has 2 aromatic carbocycles. The highest BCUT2D eigenvalue weighted by Crippen LogP contribution is 2.28. The summed E-state index contributed by atoms with van der Waals surface area (Å²) in [4.78, 5) is 12.2. The van der Waals surface area contributed by atoms with Gasteiger partial charge in [0, 0.05) is 32.0 Å². The second kappa shape index (κ2) is 8.30. The molecule has 4 nitrogen and oxygen atoms in total. The van der Waals surface area contributed by atoms with Crippen LogP contribution in [0.5, 0.6) is 0 Å². The van der Waals surface area contributed by atoms with E-state index in [1.54, 1.807) is 36.5 Å². The predicted molar refractivity (Wildman–Crippen MR) is 114 cm³/mol. The molecule has 0 aliphatic heterocycles. The van der Waals surface area contributed by atoms with Gasteiger partial charge < -0.3 is 4.57 Å². The summed E-state index contributed by atoms with van der Waals surface area (Å²) < 4.78 is 2.84. The Kier molecular flexibility index (Phi) is 6.05. The minimum Gasteiger partial charge on any atom is -0.316 e. The molecule has 0 aliphatic rings. The molecule has 0 unspecified atom stereocenters. The van der Waals surface area contributed by atoms with Gasteiger partial charge in [-0.1, -0.05) is 45.2 Å². The molecule has 0 bridgehead atoms. The van der Waals surface area contributed by atoms with Crippen LogP contribution in [-0.2, 0) is 0 Å². The van der Waals surface area contributed by atoms with Gasteiger partial charge in [0.2, 0.25) is 0 Å². The van der Waals surface area contributed by atoms with Gasteiger partial charge in [-0.25, -0.2) is 5.43 Å². The third-order valence-corrected chi connectivity index (χ3v) is 5.12. The Morgan fingerprint density at radius 3 is 2.67 bits per heavy atom. The SMILES string of the molecule is Cc1cc(/C=N\NC(=O)c2cccc(Br)c2)c(C)n1-c1cc(Cl)ccc1Cl. The van der Waals surface area contributed by atoms with Crippen LogP contribution >= 0.6 is 39.1 Å². The normalized spacial score (nSPS) is 11.1. The smallest absolute Gasteiger partial charge is 0.271 e. The molecular weight excluding hydrogens is 449 g/mol. The van der Waals surface area contributed by atoms with E-state index in [2.05, 4.69) is 26.5 Å². The Bertz CT molecular complexity index is 1040. The van der Waals surface area contributed by atoms with Crippen molar-refractivity contribution in [1.29, 1.82) is 0 Å². The Morgan fingerprint density at radius 2 is 1.93 bits per heavy atom. The number of halogens is 3. The van der Waals surface area contributed by atoms with Gasteiger partial charge in [0.25, 0.3) is 5.91 Å². The summed E-state index contributed by atoms with van der Waals surface area (Å²) in [7, 11) is 0. The molecule has 0 saturated heterocycles. The van der Waals surface area contributed by atoms with E-state index in [-0.39, 0.29) is 5.91 Å². The Labute approximate surface area is 175 Å². The summed E-state index contributed by atoms with van der Waals surface area (Å²) in [5.74, 6) is -0.278. The molecule has 27 heavy (non-hydrogen) atoms. The lowest BCUT2D eigenvalue weighted by molar-refractivity contribution is 0.0955. The van der Waals surface area contributed by atoms with Crippen LogP contribution < -0.4 is 5.43 Å². The van der Waals surface area contributed by atoms with Crippen LogP contribution in [0.15, 0.2) is 58.1 Å². The maximum absolute atomic E-state index is 12.2. The molecule has 0 radical (unpaired) electrons. The molecule has 0 spiro atoms. The fourth-order valence-corrected chi connectivity index (χ4v) is 3.57. The number of rotatable bonds is 4. The highest BCUT2D eigenvalue weighted by Gasteiger charge is 2.13. The summed E-state index contributed by atoms with van der Waals surface area (Å²) in [6, 6.07) is 14.4. The summed E-state index contributed by atoms with van der Waals surface area (Å²) >= 11 is 15.8. The molecule has 1 N–H and O–H groups in total. The number of hydrogen-bond acceptors (Lipinski definition) is 2. The van der Waals surface area contributed by atoms with E-state index in [0.29, 0.717) is 15.6 Å². The molecule has 3 aromatic rings. The van der Waals surface area contributed by atoms with Crippen LogP contribution in [0.3, 0.4) is 0 Å². The maximum atomic E-state index is 12.2. The lowest BCUT2D eigenvalue weighted by Gasteiger charge is -2.12. The second-order valence-electron chi connectivity index (χ2n) is 5.97. The fourth-order valence-electron chi connectivity index (χ4n) is 2.80. The van der Waals surface area contributed by atoms with Gasteiger partial charge in [-0.3, -0.25) is 4.79 Å². The van der Waals surface area contributed by atoms with Crippen LogP contribution in [0.1, 0.15) is 27.3 Å². The van der Waals surface area contributed by atoms with E-state index >= 15 is 0 Å². The molecule has 0 aliphatic carbocycles. The zero-order valence-electron chi connectivity index (χ0n) is 14.6. The largest absolute Gasteiger partial charge is 0.316 e. The molecule has 1 amide bonds. The Hall–Kier alpha value is -2.08. The van der Waals surface area contributed by atoms with Crippen molar-refractivity contribution in [2.75, 3.05) is 0 Å². The number of benzene rings is 2. The van der Waals surface area contributed by atoms with Crippen molar-refractivity contribution < 1.29 is 4.79 Å². The first-order valence-electron chi connectivity index (χ1n) is 8.10. The van der Waals surface area contributed by atoms with Gasteiger partial charge in [0.15, 0.2) is 0 Å². The third-order valence-electron chi connectivity index (χ3n) is 4.08. The number of nitrogens with one attached hydrogen (secondary N) is 1. The molecule has 1 heterocycles. The average Bonchev–Trinajstić information content (AvgIpc) is 2.91. The lowest BCUT2D eigenvalue weighted by Crippen LogP contribution is -2.17. The number of aromatic nitrogens is 1. The highest BCUT2D eigenvalue weighted by molar-refractivity contribution is 9.10. The second-order valence-corrected chi connectivity index (χ2v) is 7.73. The van der Waals surface area contributed by atoms with Crippen LogP contribution in [0.2, 0.25) is 10.0 Å². The summed E-state index contributed by atoms with van der Waals surface area (Å²) in [6.07, 6.45) is 1.62. The quantitative estimate of drug-likeness (QED) is 0.377. The van der Waals surface area contributed by atoms with Crippen molar-refractivity contribution in [1.82, 2.24) is 9.99 Å². The zero-order valence-corrected chi connectivity index (χ0v) is 17.7. The number of hydrazone groups is 1. The van der Waals surface area contributed by atoms with Crippen molar-refractivity contribution >= 4 is 51.3 Å². The number of carbonyl (C=O) groups is 1. The number of amides is 1. The Morgan fingerprint density at radius 1 is 1.15 bits per heavy atom. The lowest BCUT2D eigenvalue weighted by atomic mass is 10.2. The Balaban J connectivity index is 1.83. The van der Waals surface area contributed by atoms with E-state index in [1.807, 2.05) is 36.6 Å². The monoisotopic (exact) mass is 463 g/mol. The van der Waals surface area contributed by atoms with E-state index in [9.17, 15) is 4.79 Å². The molecule has 0 saturated carbocycles. The maximum Gasteiger partial charge on any atom is 0.271 e. The standard InChI is InChI=1S/C20H16BrCl2N3O/c1-12-8-15(11-24-25-20(27)14-4-3-5-16(21)9-14)13(2)26(12)19-10-17(22)6-7-18(19)23/h3-11H,1-2H3,(H,25,27)/b24-11-. The van der Waals surface area contributed by atoms with Crippen molar-refractivity contribution in [2.24, 2.45) is 5.10 Å². The van der Waals surface area contributed by atoms with Crippen LogP contribution in [0.25, 0.3) is 5.69 Å². The molecule has 138 valence electrons. The molecule has 1 aromatic heterocycles. The van der Waals surface area contributed by atoms with Gasteiger partial charge in [-0.2, -0.15) is 5.10 Å². The summed E-state index contributed by atoms with van der Waals surface area (Å²) in [5, 5.41) is 5.30. The van der Waals surface area contributed by atoms with Gasteiger partial charge in [-0.15, -0.1) is 0 Å². The van der Waals surface area contributed by atoms with Gasteiger partial charge >= 0.3 is 0 Å². The molecule has 0 atom stereocenters. The van der Waals surface area contributed by atoms with Crippen molar-refractivity contribution in [3.63, 3.8) is 0 Å². The van der Waals surface area contributed by atoms with Crippen molar-refractivity contribution in [2.45, 2.75) is 13.8 Å². The van der Waals surface area contributed by atoms with Gasteiger partial charge in [0.05, 0.1) is 16.9 Å². The first-order chi connectivity index (χ1) is 12.9. The van der Waals surface area contributed by atoms with Crippen molar-refractivity contribution in [3.05, 3.63) is 85.6 Å². The summed E-state index contributed by atoms with van der Waals surface area (Å²) in [6.45, 7) is 3.93. The molecule has 7 heteroatoms. The number of aryl methyl sites for hydroxylation is 1. The first-order valence-corrected chi connectivity index (χ1v) is 9.65. The summed E-state index contributed by atoms with van der Waals surface area (Å²) in [5.41, 5.74) is 6.67. The molecule has 0 fully saturated rings. The third kappa shape index (κ3) is 4.43.